The fraction of sp³-hybridized carbons (Fsp3) is 0.600. The zero-order chi connectivity index (χ0) is 13.7. The molecule has 1 aromatic carbocycles. The van der Waals surface area contributed by atoms with Crippen LogP contribution < -0.4 is 5.32 Å². The first kappa shape index (κ1) is 14.3. The molecule has 0 radical (unpaired) electrons. The third-order valence-corrected chi connectivity index (χ3v) is 3.67. The van der Waals surface area contributed by atoms with Gasteiger partial charge in [-0.15, -0.1) is 0 Å². The maximum atomic E-state index is 9.61. The summed E-state index contributed by atoms with van der Waals surface area (Å²) >= 11 is 0. The predicted molar refractivity (Wildman–Crippen MR) is 74.3 cm³/mol. The minimum atomic E-state index is -0.402. The van der Waals surface area contributed by atoms with E-state index in [2.05, 4.69) is 5.32 Å². The van der Waals surface area contributed by atoms with Gasteiger partial charge in [-0.25, -0.2) is 0 Å². The number of methoxy groups -OCH3 is 1. The van der Waals surface area contributed by atoms with E-state index in [9.17, 15) is 10.2 Å². The van der Waals surface area contributed by atoms with E-state index in [1.165, 1.54) is 11.1 Å². The number of fused-ring (bicyclic) bond motifs is 1. The van der Waals surface area contributed by atoms with E-state index in [1.54, 1.807) is 13.2 Å². The molecule has 2 atom stereocenters. The van der Waals surface area contributed by atoms with Gasteiger partial charge in [0.15, 0.2) is 0 Å². The number of benzene rings is 1. The second-order valence-electron chi connectivity index (χ2n) is 5.18. The molecule has 0 aromatic heterocycles. The summed E-state index contributed by atoms with van der Waals surface area (Å²) in [4.78, 5) is 0. The van der Waals surface area contributed by atoms with Crippen molar-refractivity contribution in [1.29, 1.82) is 0 Å². The number of aliphatic hydroxyl groups is 1. The Morgan fingerprint density at radius 2 is 2.32 bits per heavy atom. The first-order valence-electron chi connectivity index (χ1n) is 6.93. The molecule has 0 amide bonds. The van der Waals surface area contributed by atoms with Crippen LogP contribution in [0.25, 0.3) is 0 Å². The van der Waals surface area contributed by atoms with Crippen molar-refractivity contribution in [3.8, 4) is 5.75 Å². The molecule has 0 saturated carbocycles. The van der Waals surface area contributed by atoms with E-state index in [4.69, 9.17) is 4.74 Å². The Bertz CT molecular complexity index is 408. The Labute approximate surface area is 114 Å². The van der Waals surface area contributed by atoms with Crippen molar-refractivity contribution >= 4 is 0 Å². The van der Waals surface area contributed by atoms with E-state index in [-0.39, 0.29) is 0 Å². The highest BCUT2D eigenvalue weighted by Gasteiger charge is 2.20. The Morgan fingerprint density at radius 1 is 1.47 bits per heavy atom. The lowest BCUT2D eigenvalue weighted by Gasteiger charge is -2.27. The Kier molecular flexibility index (Phi) is 5.19. The summed E-state index contributed by atoms with van der Waals surface area (Å²) in [5.41, 5.74) is 2.52. The second kappa shape index (κ2) is 6.89. The summed E-state index contributed by atoms with van der Waals surface area (Å²) in [5.74, 6) is 0.343. The van der Waals surface area contributed by atoms with E-state index in [1.807, 2.05) is 12.1 Å². The summed E-state index contributed by atoms with van der Waals surface area (Å²) in [6, 6.07) is 5.95. The number of hydrogen-bond donors (Lipinski definition) is 3. The average Bonchev–Trinajstić information content (AvgIpc) is 2.39. The Hall–Kier alpha value is -1.10. The fourth-order valence-electron chi connectivity index (χ4n) is 2.71. The van der Waals surface area contributed by atoms with Crippen LogP contribution in [-0.2, 0) is 11.2 Å². The summed E-state index contributed by atoms with van der Waals surface area (Å²) < 4.78 is 4.91. The van der Waals surface area contributed by atoms with E-state index < -0.39 is 6.10 Å². The molecule has 0 fully saturated rings. The van der Waals surface area contributed by atoms with Crippen molar-refractivity contribution in [2.45, 2.75) is 37.8 Å². The number of aromatic hydroxyl groups is 1. The van der Waals surface area contributed by atoms with Gasteiger partial charge in [0, 0.05) is 13.2 Å². The van der Waals surface area contributed by atoms with Crippen LogP contribution in [0.2, 0.25) is 0 Å². The van der Waals surface area contributed by atoms with Crippen LogP contribution in [0.15, 0.2) is 18.2 Å². The first-order chi connectivity index (χ1) is 9.20. The van der Waals surface area contributed by atoms with E-state index in [0.29, 0.717) is 24.8 Å². The van der Waals surface area contributed by atoms with Gasteiger partial charge in [-0.3, -0.25) is 0 Å². The van der Waals surface area contributed by atoms with Gasteiger partial charge < -0.3 is 20.3 Å². The van der Waals surface area contributed by atoms with Crippen LogP contribution in [0.5, 0.6) is 5.75 Å². The lowest BCUT2D eigenvalue weighted by Crippen LogP contribution is -2.29. The van der Waals surface area contributed by atoms with Crippen LogP contribution in [0.3, 0.4) is 0 Å². The van der Waals surface area contributed by atoms with Gasteiger partial charge in [0.2, 0.25) is 0 Å². The normalized spacial score (nSPS) is 20.0. The van der Waals surface area contributed by atoms with E-state index in [0.717, 1.165) is 25.8 Å². The lowest BCUT2D eigenvalue weighted by atomic mass is 9.87. The number of aliphatic hydroxyl groups excluding tert-OH is 1. The zero-order valence-corrected chi connectivity index (χ0v) is 11.4. The number of aryl methyl sites for hydroxylation is 1. The van der Waals surface area contributed by atoms with Crippen LogP contribution in [0, 0.1) is 0 Å². The molecular formula is C15H23NO3. The molecule has 0 aliphatic heterocycles. The van der Waals surface area contributed by atoms with Crippen LogP contribution in [-0.4, -0.2) is 36.6 Å². The quantitative estimate of drug-likeness (QED) is 0.733. The van der Waals surface area contributed by atoms with Crippen LogP contribution in [0.1, 0.15) is 36.4 Å². The monoisotopic (exact) mass is 265 g/mol. The molecule has 0 heterocycles. The maximum absolute atomic E-state index is 9.61. The molecule has 0 bridgehead atoms. The predicted octanol–water partition coefficient (Wildman–Crippen LogP) is 1.76. The SMILES string of the molecule is COCC(O)CCNC1CCCc2cc(O)ccc21. The number of phenols is 1. The highest BCUT2D eigenvalue weighted by atomic mass is 16.5. The molecule has 2 unspecified atom stereocenters. The number of phenolic OH excluding ortho intramolecular Hbond substituents is 1. The summed E-state index contributed by atoms with van der Waals surface area (Å²) in [7, 11) is 1.60. The smallest absolute Gasteiger partial charge is 0.115 e. The fourth-order valence-corrected chi connectivity index (χ4v) is 2.71. The molecule has 4 nitrogen and oxygen atoms in total. The van der Waals surface area contributed by atoms with Gasteiger partial charge in [-0.05, 0) is 55.5 Å². The van der Waals surface area contributed by atoms with Crippen molar-refractivity contribution in [3.63, 3.8) is 0 Å². The molecule has 1 aromatic rings. The minimum Gasteiger partial charge on any atom is -0.508 e. The molecule has 2 rings (SSSR count). The largest absolute Gasteiger partial charge is 0.508 e. The molecule has 0 spiro atoms. The third kappa shape index (κ3) is 3.93. The van der Waals surface area contributed by atoms with Crippen molar-refractivity contribution in [2.24, 2.45) is 0 Å². The Morgan fingerprint density at radius 3 is 3.11 bits per heavy atom. The summed E-state index contributed by atoms with van der Waals surface area (Å²) in [6.45, 7) is 1.16. The van der Waals surface area contributed by atoms with Crippen molar-refractivity contribution in [3.05, 3.63) is 29.3 Å². The van der Waals surface area contributed by atoms with Gasteiger partial charge in [0.1, 0.15) is 5.75 Å². The Balaban J connectivity index is 1.89. The van der Waals surface area contributed by atoms with Gasteiger partial charge in [-0.2, -0.15) is 0 Å². The molecule has 19 heavy (non-hydrogen) atoms. The van der Waals surface area contributed by atoms with Crippen molar-refractivity contribution in [2.75, 3.05) is 20.3 Å². The average molecular weight is 265 g/mol. The van der Waals surface area contributed by atoms with Gasteiger partial charge in [0.05, 0.1) is 12.7 Å². The molecule has 4 heteroatoms. The molecule has 106 valence electrons. The molecule has 0 saturated heterocycles. The summed E-state index contributed by atoms with van der Waals surface area (Å²) in [5, 5.41) is 22.6. The topological polar surface area (TPSA) is 61.7 Å². The number of ether oxygens (including phenoxy) is 1. The molecule has 1 aliphatic carbocycles. The standard InChI is InChI=1S/C15H23NO3/c1-19-10-13(18)7-8-16-15-4-2-3-11-9-12(17)5-6-14(11)15/h5-6,9,13,15-18H,2-4,7-8,10H2,1H3. The zero-order valence-electron chi connectivity index (χ0n) is 11.4. The number of hydrogen-bond acceptors (Lipinski definition) is 4. The van der Waals surface area contributed by atoms with Gasteiger partial charge >= 0.3 is 0 Å². The van der Waals surface area contributed by atoms with Crippen LogP contribution in [0.4, 0.5) is 0 Å². The lowest BCUT2D eigenvalue weighted by molar-refractivity contribution is 0.0588. The number of nitrogens with one attached hydrogen (secondary N) is 1. The first-order valence-corrected chi connectivity index (χ1v) is 6.93. The minimum absolute atomic E-state index is 0.332. The maximum Gasteiger partial charge on any atom is 0.115 e. The molecule has 3 N–H and O–H groups in total. The highest BCUT2D eigenvalue weighted by molar-refractivity contribution is 5.38. The highest BCUT2D eigenvalue weighted by Crippen LogP contribution is 2.31. The van der Waals surface area contributed by atoms with Crippen LogP contribution >= 0.6 is 0 Å². The molecular weight excluding hydrogens is 242 g/mol. The van der Waals surface area contributed by atoms with Crippen molar-refractivity contribution in [1.82, 2.24) is 5.32 Å². The summed E-state index contributed by atoms with van der Waals surface area (Å²) in [6.07, 6.45) is 3.57. The number of rotatable bonds is 6. The van der Waals surface area contributed by atoms with Gasteiger partial charge in [-0.1, -0.05) is 6.07 Å². The third-order valence-electron chi connectivity index (χ3n) is 3.67. The van der Waals surface area contributed by atoms with E-state index >= 15 is 0 Å². The van der Waals surface area contributed by atoms with Gasteiger partial charge in [0.25, 0.3) is 0 Å². The van der Waals surface area contributed by atoms with Crippen molar-refractivity contribution < 1.29 is 14.9 Å². The molecule has 1 aliphatic rings. The second-order valence-corrected chi connectivity index (χ2v) is 5.18.